The number of hydrogen-bond donors (Lipinski definition) is 3. The highest BCUT2D eigenvalue weighted by molar-refractivity contribution is 5.97. The molecule has 0 radical (unpaired) electrons. The summed E-state index contributed by atoms with van der Waals surface area (Å²) in [5, 5.41) is 14.9. The summed E-state index contributed by atoms with van der Waals surface area (Å²) >= 11 is 0. The number of amidine groups is 1. The van der Waals surface area contributed by atoms with Gasteiger partial charge in [-0.05, 0) is 31.2 Å². The molecule has 2 atom stereocenters. The van der Waals surface area contributed by atoms with E-state index in [0.29, 0.717) is 23.7 Å². The Morgan fingerprint density at radius 1 is 1.38 bits per heavy atom. The third-order valence-electron chi connectivity index (χ3n) is 4.30. The van der Waals surface area contributed by atoms with E-state index in [4.69, 9.17) is 10.9 Å². The van der Waals surface area contributed by atoms with Crippen LogP contribution in [0.5, 0.6) is 0 Å². The van der Waals surface area contributed by atoms with Crippen molar-refractivity contribution >= 4 is 5.84 Å². The van der Waals surface area contributed by atoms with E-state index in [1.807, 2.05) is 0 Å². The molecule has 116 valence electrons. The maximum absolute atomic E-state index is 14.0. The maximum Gasteiger partial charge on any atom is 0.170 e. The van der Waals surface area contributed by atoms with E-state index < -0.39 is 0 Å². The Balaban J connectivity index is 1.94. The summed E-state index contributed by atoms with van der Waals surface area (Å²) in [4.78, 5) is 0. The first-order valence-corrected chi connectivity index (χ1v) is 7.60. The van der Waals surface area contributed by atoms with E-state index in [0.717, 1.165) is 18.8 Å². The lowest BCUT2D eigenvalue weighted by atomic mass is 10.0. The molecular weight excluding hydrogens is 269 g/mol. The van der Waals surface area contributed by atoms with Crippen LogP contribution in [-0.2, 0) is 6.54 Å². The lowest BCUT2D eigenvalue weighted by Crippen LogP contribution is -2.28. The van der Waals surface area contributed by atoms with Crippen LogP contribution in [0.4, 0.5) is 4.39 Å². The van der Waals surface area contributed by atoms with Crippen molar-refractivity contribution in [2.24, 2.45) is 16.8 Å². The topological polar surface area (TPSA) is 70.6 Å². The number of nitrogens with one attached hydrogen (secondary N) is 1. The smallest absolute Gasteiger partial charge is 0.170 e. The lowest BCUT2D eigenvalue weighted by molar-refractivity contribution is 0.318. The van der Waals surface area contributed by atoms with Crippen LogP contribution in [0.15, 0.2) is 23.4 Å². The van der Waals surface area contributed by atoms with Crippen molar-refractivity contribution in [1.29, 1.82) is 0 Å². The monoisotopic (exact) mass is 293 g/mol. The van der Waals surface area contributed by atoms with Gasteiger partial charge in [0.05, 0.1) is 0 Å². The van der Waals surface area contributed by atoms with Gasteiger partial charge in [-0.25, -0.2) is 4.39 Å². The molecule has 4 N–H and O–H groups in total. The van der Waals surface area contributed by atoms with E-state index >= 15 is 0 Å². The SMILES string of the molecule is CC1CCCC(NCc2ccc(/C(N)=N/O)cc2F)CC1. The first-order chi connectivity index (χ1) is 10.1. The van der Waals surface area contributed by atoms with Crippen LogP contribution >= 0.6 is 0 Å². The molecule has 21 heavy (non-hydrogen) atoms. The summed E-state index contributed by atoms with van der Waals surface area (Å²) in [7, 11) is 0. The number of nitrogens with two attached hydrogens (primary N) is 1. The zero-order chi connectivity index (χ0) is 15.2. The quantitative estimate of drug-likeness (QED) is 0.263. The maximum atomic E-state index is 14.0. The Bertz CT molecular complexity index is 504. The predicted molar refractivity (Wildman–Crippen MR) is 81.8 cm³/mol. The van der Waals surface area contributed by atoms with E-state index in [9.17, 15) is 4.39 Å². The Morgan fingerprint density at radius 3 is 2.90 bits per heavy atom. The standard InChI is InChI=1S/C16H24FN3O/c1-11-3-2-4-14(8-5-11)19-10-13-7-6-12(9-15(13)17)16(18)20-21/h6-7,9,11,14,19,21H,2-5,8,10H2,1H3,(H2,18,20). The van der Waals surface area contributed by atoms with Gasteiger partial charge in [0.1, 0.15) is 5.82 Å². The molecule has 1 aliphatic rings. The zero-order valence-electron chi connectivity index (χ0n) is 12.5. The number of benzene rings is 1. The molecule has 0 heterocycles. The van der Waals surface area contributed by atoms with Crippen molar-refractivity contribution in [3.05, 3.63) is 35.1 Å². The van der Waals surface area contributed by atoms with Gasteiger partial charge in [0.25, 0.3) is 0 Å². The molecule has 0 spiro atoms. The fourth-order valence-electron chi connectivity index (χ4n) is 2.85. The first kappa shape index (κ1) is 15.8. The van der Waals surface area contributed by atoms with Gasteiger partial charge in [-0.2, -0.15) is 0 Å². The zero-order valence-corrected chi connectivity index (χ0v) is 12.5. The molecule has 5 heteroatoms. The average molecular weight is 293 g/mol. The van der Waals surface area contributed by atoms with Gasteiger partial charge in [-0.3, -0.25) is 0 Å². The van der Waals surface area contributed by atoms with Crippen molar-refractivity contribution in [3.8, 4) is 0 Å². The summed E-state index contributed by atoms with van der Waals surface area (Å²) in [6, 6.07) is 5.14. The third-order valence-corrected chi connectivity index (χ3v) is 4.30. The molecule has 1 saturated carbocycles. The molecular formula is C16H24FN3O. The molecule has 0 aliphatic heterocycles. The highest BCUT2D eigenvalue weighted by atomic mass is 19.1. The fraction of sp³-hybridized carbons (Fsp3) is 0.562. The first-order valence-electron chi connectivity index (χ1n) is 7.60. The van der Waals surface area contributed by atoms with Crippen molar-refractivity contribution in [3.63, 3.8) is 0 Å². The molecule has 1 fully saturated rings. The normalized spacial score (nSPS) is 23.8. The van der Waals surface area contributed by atoms with Gasteiger partial charge in [0.15, 0.2) is 5.84 Å². The number of hydrogen-bond acceptors (Lipinski definition) is 3. The van der Waals surface area contributed by atoms with Crippen LogP contribution in [0.2, 0.25) is 0 Å². The van der Waals surface area contributed by atoms with E-state index in [1.165, 1.54) is 25.3 Å². The van der Waals surface area contributed by atoms with Gasteiger partial charge in [0, 0.05) is 23.7 Å². The van der Waals surface area contributed by atoms with Crippen LogP contribution in [0, 0.1) is 11.7 Å². The number of oxime groups is 1. The van der Waals surface area contributed by atoms with Crippen LogP contribution in [0.25, 0.3) is 0 Å². The molecule has 1 aromatic carbocycles. The summed E-state index contributed by atoms with van der Waals surface area (Å²) in [5.74, 6) is 0.397. The van der Waals surface area contributed by atoms with Crippen LogP contribution in [0.1, 0.15) is 50.2 Å². The van der Waals surface area contributed by atoms with Gasteiger partial charge in [0.2, 0.25) is 0 Å². The van der Waals surface area contributed by atoms with Gasteiger partial charge in [-0.1, -0.05) is 37.1 Å². The highest BCUT2D eigenvalue weighted by Gasteiger charge is 2.16. The molecule has 0 aromatic heterocycles. The van der Waals surface area contributed by atoms with Crippen molar-refractivity contribution < 1.29 is 9.60 Å². The number of halogens is 1. The number of nitrogens with zero attached hydrogens (tertiary/aromatic N) is 1. The molecule has 2 rings (SSSR count). The van der Waals surface area contributed by atoms with Gasteiger partial charge >= 0.3 is 0 Å². The van der Waals surface area contributed by atoms with Crippen molar-refractivity contribution in [1.82, 2.24) is 5.32 Å². The summed E-state index contributed by atoms with van der Waals surface area (Å²) in [6.45, 7) is 2.81. The van der Waals surface area contributed by atoms with E-state index in [1.54, 1.807) is 12.1 Å². The minimum Gasteiger partial charge on any atom is -0.409 e. The second kappa shape index (κ2) is 7.41. The molecule has 4 nitrogen and oxygen atoms in total. The number of rotatable bonds is 4. The fourth-order valence-corrected chi connectivity index (χ4v) is 2.85. The Hall–Kier alpha value is -1.62. The summed E-state index contributed by atoms with van der Waals surface area (Å²) < 4.78 is 14.0. The second-order valence-corrected chi connectivity index (χ2v) is 5.98. The van der Waals surface area contributed by atoms with E-state index in [-0.39, 0.29) is 11.7 Å². The average Bonchev–Trinajstić information content (AvgIpc) is 2.69. The molecule has 0 bridgehead atoms. The van der Waals surface area contributed by atoms with Crippen LogP contribution in [0.3, 0.4) is 0 Å². The van der Waals surface area contributed by atoms with Gasteiger partial charge < -0.3 is 16.3 Å². The van der Waals surface area contributed by atoms with Crippen molar-refractivity contribution in [2.45, 2.75) is 51.6 Å². The van der Waals surface area contributed by atoms with Crippen molar-refractivity contribution in [2.75, 3.05) is 0 Å². The Morgan fingerprint density at radius 2 is 2.19 bits per heavy atom. The molecule has 0 amide bonds. The lowest BCUT2D eigenvalue weighted by Gasteiger charge is -2.17. The molecule has 2 unspecified atom stereocenters. The highest BCUT2D eigenvalue weighted by Crippen LogP contribution is 2.23. The van der Waals surface area contributed by atoms with E-state index in [2.05, 4.69) is 17.4 Å². The predicted octanol–water partition coefficient (Wildman–Crippen LogP) is 2.98. The van der Waals surface area contributed by atoms with Crippen LogP contribution in [-0.4, -0.2) is 17.1 Å². The minimum absolute atomic E-state index is 0.0776. The second-order valence-electron chi connectivity index (χ2n) is 5.98. The summed E-state index contributed by atoms with van der Waals surface area (Å²) in [6.07, 6.45) is 6.09. The molecule has 0 saturated heterocycles. The summed E-state index contributed by atoms with van der Waals surface area (Å²) in [5.41, 5.74) is 6.46. The van der Waals surface area contributed by atoms with Crippen LogP contribution < -0.4 is 11.1 Å². The molecule has 1 aliphatic carbocycles. The molecule has 1 aromatic rings. The van der Waals surface area contributed by atoms with Gasteiger partial charge in [-0.15, -0.1) is 0 Å². The minimum atomic E-state index is -0.325. The largest absolute Gasteiger partial charge is 0.409 e. The Kier molecular flexibility index (Phi) is 5.56. The Labute approximate surface area is 125 Å². The third kappa shape index (κ3) is 4.43.